The quantitative estimate of drug-likeness (QED) is 0.750. The van der Waals surface area contributed by atoms with Gasteiger partial charge in [0.15, 0.2) is 0 Å². The SMILES string of the molecule is CCOC(=O)c1cn(CC2CCOCC2)c2cc(Cl)cc(Cl)c2c1=O. The van der Waals surface area contributed by atoms with E-state index in [1.807, 2.05) is 4.57 Å². The largest absolute Gasteiger partial charge is 0.462 e. The highest BCUT2D eigenvalue weighted by atomic mass is 35.5. The van der Waals surface area contributed by atoms with Gasteiger partial charge in [-0.05, 0) is 37.8 Å². The van der Waals surface area contributed by atoms with Gasteiger partial charge in [0, 0.05) is 31.0 Å². The van der Waals surface area contributed by atoms with E-state index in [1.165, 1.54) is 6.07 Å². The normalized spacial score (nSPS) is 15.5. The van der Waals surface area contributed by atoms with Gasteiger partial charge in [0.1, 0.15) is 5.56 Å². The van der Waals surface area contributed by atoms with Crippen LogP contribution in [0.1, 0.15) is 30.1 Å². The third-order valence-electron chi connectivity index (χ3n) is 4.39. The smallest absolute Gasteiger partial charge is 0.343 e. The maximum Gasteiger partial charge on any atom is 0.343 e. The molecular weight excluding hydrogens is 365 g/mol. The Kier molecular flexibility index (Phi) is 5.67. The van der Waals surface area contributed by atoms with Crippen LogP contribution in [0.2, 0.25) is 10.0 Å². The van der Waals surface area contributed by atoms with E-state index >= 15 is 0 Å². The second-order valence-corrected chi connectivity index (χ2v) is 6.93. The van der Waals surface area contributed by atoms with Gasteiger partial charge in [-0.15, -0.1) is 0 Å². The van der Waals surface area contributed by atoms with Crippen LogP contribution in [0.25, 0.3) is 10.9 Å². The Labute approximate surface area is 155 Å². The van der Waals surface area contributed by atoms with Crippen LogP contribution in [0.15, 0.2) is 23.1 Å². The van der Waals surface area contributed by atoms with Crippen molar-refractivity contribution in [3.63, 3.8) is 0 Å². The first-order valence-electron chi connectivity index (χ1n) is 8.28. The van der Waals surface area contributed by atoms with Crippen molar-refractivity contribution in [3.05, 3.63) is 44.2 Å². The zero-order valence-corrected chi connectivity index (χ0v) is 15.4. The Hall–Kier alpha value is -1.56. The molecule has 7 heteroatoms. The Balaban J connectivity index is 2.16. The molecule has 1 aromatic carbocycles. The van der Waals surface area contributed by atoms with Crippen LogP contribution in [0, 0.1) is 5.92 Å². The van der Waals surface area contributed by atoms with Gasteiger partial charge in [-0.1, -0.05) is 23.2 Å². The summed E-state index contributed by atoms with van der Waals surface area (Å²) in [7, 11) is 0. The first kappa shape index (κ1) is 18.2. The molecule has 134 valence electrons. The number of rotatable bonds is 4. The van der Waals surface area contributed by atoms with Gasteiger partial charge >= 0.3 is 5.97 Å². The van der Waals surface area contributed by atoms with Crippen LogP contribution < -0.4 is 5.43 Å². The van der Waals surface area contributed by atoms with Crippen molar-refractivity contribution in [2.45, 2.75) is 26.3 Å². The molecule has 3 rings (SSSR count). The van der Waals surface area contributed by atoms with Crippen LogP contribution in [0.5, 0.6) is 0 Å². The maximum atomic E-state index is 12.8. The van der Waals surface area contributed by atoms with Gasteiger partial charge in [0.25, 0.3) is 0 Å². The van der Waals surface area contributed by atoms with Crippen LogP contribution >= 0.6 is 23.2 Å². The van der Waals surface area contributed by atoms with Crippen LogP contribution in [-0.2, 0) is 16.0 Å². The molecule has 0 spiro atoms. The molecule has 0 bridgehead atoms. The summed E-state index contributed by atoms with van der Waals surface area (Å²) in [4.78, 5) is 25.0. The minimum atomic E-state index is -0.638. The molecule has 2 heterocycles. The molecule has 1 fully saturated rings. The second-order valence-electron chi connectivity index (χ2n) is 6.08. The highest BCUT2D eigenvalue weighted by Gasteiger charge is 2.21. The van der Waals surface area contributed by atoms with E-state index in [2.05, 4.69) is 0 Å². The van der Waals surface area contributed by atoms with Gasteiger partial charge in [-0.25, -0.2) is 4.79 Å². The number of pyridine rings is 1. The fraction of sp³-hybridized carbons (Fsp3) is 0.444. The van der Waals surface area contributed by atoms with E-state index < -0.39 is 11.4 Å². The van der Waals surface area contributed by atoms with Gasteiger partial charge in [-0.2, -0.15) is 0 Å². The summed E-state index contributed by atoms with van der Waals surface area (Å²) in [6.45, 7) is 3.99. The summed E-state index contributed by atoms with van der Waals surface area (Å²) in [6.07, 6.45) is 3.41. The fourth-order valence-corrected chi connectivity index (χ4v) is 3.71. The van der Waals surface area contributed by atoms with Gasteiger partial charge < -0.3 is 14.0 Å². The predicted molar refractivity (Wildman–Crippen MR) is 97.7 cm³/mol. The van der Waals surface area contributed by atoms with Crippen molar-refractivity contribution in [1.29, 1.82) is 0 Å². The molecule has 2 aromatic rings. The molecule has 0 unspecified atom stereocenters. The number of aromatic nitrogens is 1. The molecule has 1 aliphatic rings. The summed E-state index contributed by atoms with van der Waals surface area (Å²) in [5, 5.41) is 0.976. The van der Waals surface area contributed by atoms with Gasteiger partial charge in [0.2, 0.25) is 5.43 Å². The topological polar surface area (TPSA) is 57.5 Å². The number of hydrogen-bond acceptors (Lipinski definition) is 4. The number of benzene rings is 1. The average Bonchev–Trinajstić information content (AvgIpc) is 2.57. The monoisotopic (exact) mass is 383 g/mol. The summed E-state index contributed by atoms with van der Waals surface area (Å²) >= 11 is 12.4. The third kappa shape index (κ3) is 3.84. The summed E-state index contributed by atoms with van der Waals surface area (Å²) < 4.78 is 12.3. The Morgan fingerprint density at radius 1 is 1.32 bits per heavy atom. The number of esters is 1. The molecule has 1 aromatic heterocycles. The Morgan fingerprint density at radius 3 is 2.72 bits per heavy atom. The van der Waals surface area contributed by atoms with E-state index in [1.54, 1.807) is 19.2 Å². The Morgan fingerprint density at radius 2 is 2.04 bits per heavy atom. The lowest BCUT2D eigenvalue weighted by molar-refractivity contribution is 0.0521. The number of hydrogen-bond donors (Lipinski definition) is 0. The molecule has 0 saturated carbocycles. The van der Waals surface area contributed by atoms with Crippen molar-refractivity contribution in [1.82, 2.24) is 4.57 Å². The number of nitrogens with zero attached hydrogens (tertiary/aromatic N) is 1. The number of fused-ring (bicyclic) bond motifs is 1. The van der Waals surface area contributed by atoms with Crippen LogP contribution in [0.4, 0.5) is 0 Å². The molecular formula is C18H19Cl2NO4. The van der Waals surface area contributed by atoms with E-state index in [-0.39, 0.29) is 17.2 Å². The van der Waals surface area contributed by atoms with E-state index in [0.29, 0.717) is 28.4 Å². The molecule has 0 N–H and O–H groups in total. The standard InChI is InChI=1S/C18H19Cl2NO4/c1-2-25-18(23)13-10-21(9-11-3-5-24-6-4-11)15-8-12(19)7-14(20)16(15)17(13)22/h7-8,10-11H,2-6,9H2,1H3. The van der Waals surface area contributed by atoms with Gasteiger partial charge in [-0.3, -0.25) is 4.79 Å². The highest BCUT2D eigenvalue weighted by molar-refractivity contribution is 6.38. The first-order valence-corrected chi connectivity index (χ1v) is 9.04. The van der Waals surface area contributed by atoms with Crippen molar-refractivity contribution in [3.8, 4) is 0 Å². The van der Waals surface area contributed by atoms with Crippen molar-refractivity contribution in [2.24, 2.45) is 5.92 Å². The number of carbonyl (C=O) groups excluding carboxylic acids is 1. The third-order valence-corrected chi connectivity index (χ3v) is 4.91. The minimum Gasteiger partial charge on any atom is -0.462 e. The molecule has 5 nitrogen and oxygen atoms in total. The summed E-state index contributed by atoms with van der Waals surface area (Å²) in [5.41, 5.74) is 0.186. The van der Waals surface area contributed by atoms with E-state index in [0.717, 1.165) is 26.1 Å². The predicted octanol–water partition coefficient (Wildman–Crippen LogP) is 3.91. The number of carbonyl (C=O) groups is 1. The lowest BCUT2D eigenvalue weighted by Gasteiger charge is -2.24. The molecule has 0 radical (unpaired) electrons. The van der Waals surface area contributed by atoms with Crippen molar-refractivity contribution in [2.75, 3.05) is 19.8 Å². The molecule has 1 saturated heterocycles. The summed E-state index contributed by atoms with van der Waals surface area (Å²) in [5.74, 6) is -0.242. The minimum absolute atomic E-state index is 0.00867. The average molecular weight is 384 g/mol. The lowest BCUT2D eigenvalue weighted by Crippen LogP contribution is -2.25. The van der Waals surface area contributed by atoms with E-state index in [9.17, 15) is 9.59 Å². The fourth-order valence-electron chi connectivity index (χ4n) is 3.14. The molecule has 1 aliphatic heterocycles. The first-order chi connectivity index (χ1) is 12.0. The zero-order valence-electron chi connectivity index (χ0n) is 13.9. The van der Waals surface area contributed by atoms with Crippen molar-refractivity contribution >= 4 is 40.1 Å². The number of halogens is 2. The molecule has 25 heavy (non-hydrogen) atoms. The highest BCUT2D eigenvalue weighted by Crippen LogP contribution is 2.28. The Bertz CT molecular complexity index is 856. The van der Waals surface area contributed by atoms with Gasteiger partial charge in [0.05, 0.1) is 22.5 Å². The molecule has 0 amide bonds. The maximum absolute atomic E-state index is 12.8. The van der Waals surface area contributed by atoms with Crippen LogP contribution in [-0.4, -0.2) is 30.4 Å². The molecule has 0 aliphatic carbocycles. The summed E-state index contributed by atoms with van der Waals surface area (Å²) in [6, 6.07) is 3.22. The van der Waals surface area contributed by atoms with E-state index in [4.69, 9.17) is 32.7 Å². The zero-order chi connectivity index (χ0) is 18.0. The lowest BCUT2D eigenvalue weighted by atomic mass is 9.99. The van der Waals surface area contributed by atoms with Crippen LogP contribution in [0.3, 0.4) is 0 Å². The van der Waals surface area contributed by atoms with Crippen molar-refractivity contribution < 1.29 is 14.3 Å². The number of ether oxygens (including phenoxy) is 2. The molecule has 0 atom stereocenters. The second kappa shape index (κ2) is 7.77.